The second kappa shape index (κ2) is 8.45. The second-order valence-corrected chi connectivity index (χ2v) is 13.7. The summed E-state index contributed by atoms with van der Waals surface area (Å²) in [5, 5.41) is 11.6. The van der Waals surface area contributed by atoms with E-state index in [2.05, 4.69) is 6.08 Å². The molecule has 7 heteroatoms. The molecule has 218 valence electrons. The van der Waals surface area contributed by atoms with Gasteiger partial charge < -0.3 is 24.1 Å². The molecule has 4 bridgehead atoms. The van der Waals surface area contributed by atoms with Crippen LogP contribution in [0.1, 0.15) is 89.7 Å². The van der Waals surface area contributed by atoms with Crippen LogP contribution in [-0.2, 0) is 20.7 Å². The van der Waals surface area contributed by atoms with E-state index in [1.165, 1.54) is 7.11 Å². The molecule has 1 saturated carbocycles. The zero-order chi connectivity index (χ0) is 29.9. The maximum Gasteiger partial charge on any atom is 0.205 e. The standard InChI is InChI=1S/C34H40O7/c1-18(2)10-11-21-27-20(13-14-30(5,6)39-27)25(35)24-26(36)22-16-32(38-9)17-23-31(7,8)41-33(29(32)37,15-12-19(3)4)34(22,23)40-28(21)24/h10,12-14,16,23,35H,11,15,17H2,1-9H3/t23?,32-,33-,34+/m1/s1. The van der Waals surface area contributed by atoms with Gasteiger partial charge in [-0.25, -0.2) is 0 Å². The zero-order valence-corrected chi connectivity index (χ0v) is 25.5. The van der Waals surface area contributed by atoms with Gasteiger partial charge in [-0.3, -0.25) is 9.59 Å². The van der Waals surface area contributed by atoms with Crippen LogP contribution in [0.5, 0.6) is 17.2 Å². The number of benzene rings is 1. The Hall–Kier alpha value is -3.16. The van der Waals surface area contributed by atoms with Gasteiger partial charge in [0.05, 0.1) is 11.2 Å². The zero-order valence-electron chi connectivity index (χ0n) is 25.5. The van der Waals surface area contributed by atoms with Gasteiger partial charge in [-0.15, -0.1) is 0 Å². The number of Topliss-reactive ketones (excluding diaryl/α,β-unsaturated/α-hetero) is 2. The molecular formula is C34H40O7. The Balaban J connectivity index is 1.71. The number of carbonyl (C=O) groups is 2. The molecule has 0 aromatic heterocycles. The highest BCUT2D eigenvalue weighted by atomic mass is 16.6. The summed E-state index contributed by atoms with van der Waals surface area (Å²) >= 11 is 0. The van der Waals surface area contributed by atoms with Crippen molar-refractivity contribution in [3.05, 3.63) is 57.7 Å². The highest BCUT2D eigenvalue weighted by Gasteiger charge is 2.84. The summed E-state index contributed by atoms with van der Waals surface area (Å²) in [6.07, 6.45) is 10.3. The Labute approximate surface area is 241 Å². The van der Waals surface area contributed by atoms with Crippen LogP contribution in [0.4, 0.5) is 0 Å². The van der Waals surface area contributed by atoms with Crippen molar-refractivity contribution in [1.29, 1.82) is 0 Å². The Morgan fingerprint density at radius 2 is 1.73 bits per heavy atom. The molecule has 3 aliphatic carbocycles. The first-order valence-corrected chi connectivity index (χ1v) is 14.4. The molecule has 41 heavy (non-hydrogen) atoms. The minimum Gasteiger partial charge on any atom is -0.506 e. The predicted octanol–water partition coefficient (Wildman–Crippen LogP) is 6.22. The van der Waals surface area contributed by atoms with Gasteiger partial charge in [0.2, 0.25) is 5.78 Å². The Bertz CT molecular complexity index is 1530. The van der Waals surface area contributed by atoms with Crippen LogP contribution in [0, 0.1) is 5.92 Å². The average molecular weight is 561 g/mol. The molecule has 1 aromatic rings. The largest absolute Gasteiger partial charge is 0.506 e. The van der Waals surface area contributed by atoms with Crippen LogP contribution >= 0.6 is 0 Å². The van der Waals surface area contributed by atoms with Gasteiger partial charge in [-0.2, -0.15) is 0 Å². The summed E-state index contributed by atoms with van der Waals surface area (Å²) in [5.41, 5.74) is -2.02. The third-order valence-corrected chi connectivity index (χ3v) is 9.54. The first-order chi connectivity index (χ1) is 19.1. The third kappa shape index (κ3) is 3.45. The van der Waals surface area contributed by atoms with Crippen LogP contribution < -0.4 is 9.47 Å². The molecule has 1 unspecified atom stereocenters. The van der Waals surface area contributed by atoms with Crippen molar-refractivity contribution in [3.63, 3.8) is 0 Å². The van der Waals surface area contributed by atoms with Crippen molar-refractivity contribution in [2.24, 2.45) is 5.92 Å². The molecule has 0 radical (unpaired) electrons. The number of phenols is 1. The summed E-state index contributed by atoms with van der Waals surface area (Å²) in [5.74, 6) is -0.419. The van der Waals surface area contributed by atoms with Gasteiger partial charge in [-0.05, 0) is 86.5 Å². The number of ketones is 2. The quantitative estimate of drug-likeness (QED) is 0.428. The molecule has 7 nitrogen and oxygen atoms in total. The van der Waals surface area contributed by atoms with E-state index in [4.69, 9.17) is 18.9 Å². The average Bonchev–Trinajstić information content (AvgIpc) is 3.04. The lowest BCUT2D eigenvalue weighted by molar-refractivity contribution is -0.189. The summed E-state index contributed by atoms with van der Waals surface area (Å²) in [4.78, 5) is 29.3. The van der Waals surface area contributed by atoms with E-state index in [1.54, 1.807) is 6.08 Å². The van der Waals surface area contributed by atoms with E-state index in [0.29, 0.717) is 35.3 Å². The number of allylic oxidation sites excluding steroid dienone is 3. The van der Waals surface area contributed by atoms with Crippen molar-refractivity contribution in [2.75, 3.05) is 7.11 Å². The molecule has 0 amide bonds. The molecule has 6 aliphatic rings. The van der Waals surface area contributed by atoms with Crippen molar-refractivity contribution < 1.29 is 33.6 Å². The van der Waals surface area contributed by atoms with E-state index >= 15 is 0 Å². The minimum absolute atomic E-state index is 0.0894. The molecule has 3 aliphatic heterocycles. The fraction of sp³-hybridized carbons (Fsp3) is 0.529. The number of hydrogen-bond donors (Lipinski definition) is 1. The minimum atomic E-state index is -1.50. The van der Waals surface area contributed by atoms with E-state index in [9.17, 15) is 14.7 Å². The maximum absolute atomic E-state index is 14.7. The monoisotopic (exact) mass is 560 g/mol. The molecule has 1 aromatic carbocycles. The lowest BCUT2D eigenvalue weighted by atomic mass is 9.49. The van der Waals surface area contributed by atoms with E-state index in [0.717, 1.165) is 11.1 Å². The number of rotatable bonds is 5. The van der Waals surface area contributed by atoms with Crippen LogP contribution in [0.25, 0.3) is 6.08 Å². The van der Waals surface area contributed by atoms with Crippen LogP contribution in [0.3, 0.4) is 0 Å². The number of fused-ring (bicyclic) bond motifs is 2. The Morgan fingerprint density at radius 1 is 1.05 bits per heavy atom. The van der Waals surface area contributed by atoms with Crippen LogP contribution in [0.2, 0.25) is 0 Å². The molecule has 2 fully saturated rings. The molecule has 3 heterocycles. The summed E-state index contributed by atoms with van der Waals surface area (Å²) in [6.45, 7) is 15.7. The predicted molar refractivity (Wildman–Crippen MR) is 156 cm³/mol. The first-order valence-electron chi connectivity index (χ1n) is 14.4. The SMILES string of the molecule is CO[C@]12C=C3C(=O)c4c(O)c5c(c(CC=C(C)C)c4O[C@]34C(C1)C(C)(C)O[C@]4(CC=C(C)C)C2=O)OC(C)(C)C=C5. The highest BCUT2D eigenvalue weighted by Crippen LogP contribution is 2.70. The molecule has 1 saturated heterocycles. The van der Waals surface area contributed by atoms with Gasteiger partial charge in [0.15, 0.2) is 17.0 Å². The molecular weight excluding hydrogens is 520 g/mol. The molecule has 4 atom stereocenters. The van der Waals surface area contributed by atoms with Gasteiger partial charge in [0.1, 0.15) is 34.0 Å². The molecule has 7 rings (SSSR count). The Morgan fingerprint density at radius 3 is 2.37 bits per heavy atom. The molecule has 1 spiro atoms. The number of ether oxygens (including phenoxy) is 4. The number of carbonyl (C=O) groups excluding carboxylic acids is 2. The van der Waals surface area contributed by atoms with Crippen LogP contribution in [-0.4, -0.2) is 51.8 Å². The summed E-state index contributed by atoms with van der Waals surface area (Å²) < 4.78 is 26.4. The normalized spacial score (nSPS) is 32.7. The van der Waals surface area contributed by atoms with E-state index in [-0.39, 0.29) is 41.0 Å². The van der Waals surface area contributed by atoms with Crippen molar-refractivity contribution in [3.8, 4) is 17.2 Å². The lowest BCUT2D eigenvalue weighted by Crippen LogP contribution is -2.77. The Kier molecular flexibility index (Phi) is 5.77. The number of methoxy groups -OCH3 is 1. The topological polar surface area (TPSA) is 91.3 Å². The molecule has 1 N–H and O–H groups in total. The van der Waals surface area contributed by atoms with E-state index in [1.807, 2.05) is 73.6 Å². The summed E-state index contributed by atoms with van der Waals surface area (Å²) in [7, 11) is 1.51. The fourth-order valence-corrected chi connectivity index (χ4v) is 7.62. The number of aromatic hydroxyl groups is 1. The van der Waals surface area contributed by atoms with Gasteiger partial charge in [0, 0.05) is 30.6 Å². The van der Waals surface area contributed by atoms with Crippen molar-refractivity contribution in [1.82, 2.24) is 0 Å². The van der Waals surface area contributed by atoms with E-state index < -0.39 is 28.0 Å². The highest BCUT2D eigenvalue weighted by molar-refractivity contribution is 6.20. The lowest BCUT2D eigenvalue weighted by Gasteiger charge is -2.59. The van der Waals surface area contributed by atoms with Gasteiger partial charge in [-0.1, -0.05) is 23.3 Å². The smallest absolute Gasteiger partial charge is 0.205 e. The second-order valence-electron chi connectivity index (χ2n) is 13.7. The van der Waals surface area contributed by atoms with Gasteiger partial charge in [0.25, 0.3) is 0 Å². The van der Waals surface area contributed by atoms with Gasteiger partial charge >= 0.3 is 0 Å². The number of phenolic OH excluding ortho intramolecular Hbond substituents is 1. The first kappa shape index (κ1) is 28.0. The maximum atomic E-state index is 14.7. The van der Waals surface area contributed by atoms with Crippen molar-refractivity contribution in [2.45, 2.75) is 103 Å². The summed E-state index contributed by atoms with van der Waals surface area (Å²) in [6, 6.07) is 0. The third-order valence-electron chi connectivity index (χ3n) is 9.54. The van der Waals surface area contributed by atoms with Crippen LogP contribution in [0.15, 0.2) is 41.0 Å². The fourth-order valence-electron chi connectivity index (χ4n) is 7.62. The number of hydrogen-bond acceptors (Lipinski definition) is 7. The van der Waals surface area contributed by atoms with Crippen molar-refractivity contribution >= 4 is 17.6 Å².